The Bertz CT molecular complexity index is 395. The Balaban J connectivity index is 2.03. The molecule has 0 spiro atoms. The fourth-order valence-corrected chi connectivity index (χ4v) is 2.31. The molecule has 1 rings (SSSR count). The minimum Gasteiger partial charge on any atom is -0.469 e. The minimum absolute atomic E-state index is 0.0161. The second kappa shape index (κ2) is 9.44. The maximum atomic E-state index is 11.5. The van der Waals surface area contributed by atoms with Crippen molar-refractivity contribution in [3.8, 4) is 0 Å². The van der Waals surface area contributed by atoms with Crippen LogP contribution in [0.15, 0.2) is 35.2 Å². The predicted molar refractivity (Wildman–Crippen MR) is 76.0 cm³/mol. The van der Waals surface area contributed by atoms with E-state index in [4.69, 9.17) is 0 Å². The van der Waals surface area contributed by atoms with Crippen molar-refractivity contribution in [1.29, 1.82) is 0 Å². The third kappa shape index (κ3) is 7.51. The molecular weight excluding hydrogens is 262 g/mol. The highest BCUT2D eigenvalue weighted by atomic mass is 32.2. The van der Waals surface area contributed by atoms with E-state index in [1.807, 2.05) is 18.2 Å². The number of ether oxygens (including phenoxy) is 1. The molecule has 0 heterocycles. The Kier molecular flexibility index (Phi) is 7.74. The Hall–Kier alpha value is -1.49. The van der Waals surface area contributed by atoms with Crippen molar-refractivity contribution in [2.24, 2.45) is 0 Å². The summed E-state index contributed by atoms with van der Waals surface area (Å²) in [6.07, 6.45) is 1.53. The van der Waals surface area contributed by atoms with Gasteiger partial charge in [0.05, 0.1) is 13.5 Å². The molecule has 1 N–H and O–H groups in total. The number of methoxy groups -OCH3 is 1. The number of carbonyl (C=O) groups is 2. The van der Waals surface area contributed by atoms with E-state index in [0.717, 1.165) is 12.2 Å². The van der Waals surface area contributed by atoms with Gasteiger partial charge in [-0.15, -0.1) is 11.8 Å². The molecule has 104 valence electrons. The molecule has 1 aromatic rings. The smallest absolute Gasteiger partial charge is 0.307 e. The van der Waals surface area contributed by atoms with E-state index in [1.165, 1.54) is 12.0 Å². The first-order valence-corrected chi connectivity index (χ1v) is 7.22. The molecule has 0 aliphatic heterocycles. The number of hydrogen-bond acceptors (Lipinski definition) is 4. The second-order valence-electron chi connectivity index (χ2n) is 3.94. The van der Waals surface area contributed by atoms with Crippen LogP contribution in [0.25, 0.3) is 0 Å². The lowest BCUT2D eigenvalue weighted by molar-refractivity contribution is -0.140. The summed E-state index contributed by atoms with van der Waals surface area (Å²) in [7, 11) is 1.34. The van der Waals surface area contributed by atoms with Crippen LogP contribution in [0.1, 0.15) is 19.3 Å². The average molecular weight is 281 g/mol. The quantitative estimate of drug-likeness (QED) is 0.451. The number of amides is 1. The lowest BCUT2D eigenvalue weighted by Crippen LogP contribution is -2.26. The first kappa shape index (κ1) is 15.6. The maximum absolute atomic E-state index is 11.5. The van der Waals surface area contributed by atoms with Crippen LogP contribution in [0.3, 0.4) is 0 Å². The SMILES string of the molecule is COC(=O)CCNC(=O)CCCSc1ccccc1. The monoisotopic (exact) mass is 281 g/mol. The highest BCUT2D eigenvalue weighted by molar-refractivity contribution is 7.99. The maximum Gasteiger partial charge on any atom is 0.307 e. The van der Waals surface area contributed by atoms with Gasteiger partial charge in [0.1, 0.15) is 0 Å². The molecule has 1 aromatic carbocycles. The number of carbonyl (C=O) groups excluding carboxylic acids is 2. The van der Waals surface area contributed by atoms with E-state index in [1.54, 1.807) is 11.8 Å². The third-order valence-electron chi connectivity index (χ3n) is 2.44. The summed E-state index contributed by atoms with van der Waals surface area (Å²) in [4.78, 5) is 23.5. The van der Waals surface area contributed by atoms with Gasteiger partial charge in [-0.05, 0) is 24.3 Å². The molecule has 0 unspecified atom stereocenters. The molecule has 0 radical (unpaired) electrons. The molecule has 0 atom stereocenters. The van der Waals surface area contributed by atoms with E-state index in [2.05, 4.69) is 22.2 Å². The van der Waals surface area contributed by atoms with Gasteiger partial charge in [-0.3, -0.25) is 9.59 Å². The van der Waals surface area contributed by atoms with Gasteiger partial charge >= 0.3 is 5.97 Å². The number of esters is 1. The molecule has 0 saturated heterocycles. The molecule has 0 aliphatic carbocycles. The largest absolute Gasteiger partial charge is 0.469 e. The first-order valence-electron chi connectivity index (χ1n) is 6.23. The summed E-state index contributed by atoms with van der Waals surface area (Å²) in [5.74, 6) is 0.589. The summed E-state index contributed by atoms with van der Waals surface area (Å²) < 4.78 is 4.49. The van der Waals surface area contributed by atoms with E-state index < -0.39 is 0 Å². The van der Waals surface area contributed by atoms with E-state index in [9.17, 15) is 9.59 Å². The van der Waals surface area contributed by atoms with Crippen molar-refractivity contribution in [1.82, 2.24) is 5.32 Å². The van der Waals surface area contributed by atoms with E-state index in [0.29, 0.717) is 13.0 Å². The van der Waals surface area contributed by atoms with E-state index >= 15 is 0 Å². The fourth-order valence-electron chi connectivity index (χ4n) is 1.43. The first-order chi connectivity index (χ1) is 9.22. The van der Waals surface area contributed by atoms with Gasteiger partial charge in [0, 0.05) is 17.9 Å². The normalized spacial score (nSPS) is 9.95. The summed E-state index contributed by atoms with van der Waals surface area (Å²) in [5.41, 5.74) is 0. The molecule has 0 bridgehead atoms. The van der Waals surface area contributed by atoms with Gasteiger partial charge in [0.15, 0.2) is 0 Å². The van der Waals surface area contributed by atoms with Crippen LogP contribution in [-0.2, 0) is 14.3 Å². The van der Waals surface area contributed by atoms with Gasteiger partial charge in [-0.1, -0.05) is 18.2 Å². The van der Waals surface area contributed by atoms with Crippen LogP contribution >= 0.6 is 11.8 Å². The molecule has 0 aromatic heterocycles. The van der Waals surface area contributed by atoms with Crippen LogP contribution in [0.5, 0.6) is 0 Å². The van der Waals surface area contributed by atoms with Gasteiger partial charge in [0.25, 0.3) is 0 Å². The second-order valence-corrected chi connectivity index (χ2v) is 5.11. The number of hydrogen-bond donors (Lipinski definition) is 1. The van der Waals surface area contributed by atoms with Gasteiger partial charge in [-0.25, -0.2) is 0 Å². The van der Waals surface area contributed by atoms with Crippen molar-refractivity contribution in [3.05, 3.63) is 30.3 Å². The Morgan fingerprint density at radius 2 is 1.95 bits per heavy atom. The molecule has 1 amide bonds. The predicted octanol–water partition coefficient (Wildman–Crippen LogP) is 2.24. The summed E-state index contributed by atoms with van der Waals surface area (Å²) >= 11 is 1.74. The summed E-state index contributed by atoms with van der Waals surface area (Å²) in [5, 5.41) is 2.70. The van der Waals surface area contributed by atoms with Crippen molar-refractivity contribution in [2.75, 3.05) is 19.4 Å². The zero-order chi connectivity index (χ0) is 13.9. The van der Waals surface area contributed by atoms with Crippen molar-refractivity contribution < 1.29 is 14.3 Å². The zero-order valence-electron chi connectivity index (χ0n) is 11.1. The summed E-state index contributed by atoms with van der Waals surface area (Å²) in [6, 6.07) is 10.1. The number of rotatable bonds is 8. The molecule has 4 nitrogen and oxygen atoms in total. The summed E-state index contributed by atoms with van der Waals surface area (Å²) in [6.45, 7) is 0.345. The van der Waals surface area contributed by atoms with Crippen LogP contribution in [0.4, 0.5) is 0 Å². The molecule has 0 fully saturated rings. The number of nitrogens with one attached hydrogen (secondary N) is 1. The standard InChI is InChI=1S/C14H19NO3S/c1-18-14(17)9-10-15-13(16)8-5-11-19-12-6-3-2-4-7-12/h2-4,6-7H,5,8-11H2,1H3,(H,15,16). The van der Waals surface area contributed by atoms with Crippen LogP contribution in [-0.4, -0.2) is 31.3 Å². The Morgan fingerprint density at radius 3 is 2.63 bits per heavy atom. The van der Waals surface area contributed by atoms with Crippen LogP contribution in [0, 0.1) is 0 Å². The number of thioether (sulfide) groups is 1. The third-order valence-corrected chi connectivity index (χ3v) is 3.54. The highest BCUT2D eigenvalue weighted by Crippen LogP contribution is 2.18. The molecule has 0 saturated carbocycles. The lowest BCUT2D eigenvalue weighted by Gasteiger charge is -2.04. The molecular formula is C14H19NO3S. The molecule has 5 heteroatoms. The average Bonchev–Trinajstić information content (AvgIpc) is 2.44. The lowest BCUT2D eigenvalue weighted by atomic mass is 10.3. The molecule has 0 aliphatic rings. The van der Waals surface area contributed by atoms with Crippen LogP contribution < -0.4 is 5.32 Å². The van der Waals surface area contributed by atoms with Crippen molar-refractivity contribution in [3.63, 3.8) is 0 Å². The van der Waals surface area contributed by atoms with Crippen LogP contribution in [0.2, 0.25) is 0 Å². The number of benzene rings is 1. The van der Waals surface area contributed by atoms with Crippen molar-refractivity contribution >= 4 is 23.6 Å². The Morgan fingerprint density at radius 1 is 1.21 bits per heavy atom. The minimum atomic E-state index is -0.306. The van der Waals surface area contributed by atoms with Gasteiger partial charge < -0.3 is 10.1 Å². The Labute approximate surface area is 117 Å². The fraction of sp³-hybridized carbons (Fsp3) is 0.429. The van der Waals surface area contributed by atoms with Crippen molar-refractivity contribution in [2.45, 2.75) is 24.2 Å². The molecule has 19 heavy (non-hydrogen) atoms. The highest BCUT2D eigenvalue weighted by Gasteiger charge is 2.03. The van der Waals surface area contributed by atoms with Gasteiger partial charge in [0.2, 0.25) is 5.91 Å². The van der Waals surface area contributed by atoms with E-state index in [-0.39, 0.29) is 18.3 Å². The van der Waals surface area contributed by atoms with Gasteiger partial charge in [-0.2, -0.15) is 0 Å². The topological polar surface area (TPSA) is 55.4 Å². The zero-order valence-corrected chi connectivity index (χ0v) is 11.9.